The van der Waals surface area contributed by atoms with Crippen molar-refractivity contribution in [3.8, 4) is 67.5 Å². The molecule has 6 aromatic carbocycles. The van der Waals surface area contributed by atoms with Crippen molar-refractivity contribution in [3.63, 3.8) is 0 Å². The summed E-state index contributed by atoms with van der Waals surface area (Å²) in [6.07, 6.45) is 1.89. The van der Waals surface area contributed by atoms with E-state index in [9.17, 15) is 5.11 Å². The van der Waals surface area contributed by atoms with Gasteiger partial charge >= 0.3 is 0 Å². The second-order valence-electron chi connectivity index (χ2n) is 19.0. The van der Waals surface area contributed by atoms with Crippen LogP contribution in [0.1, 0.15) is 84.6 Å². The van der Waals surface area contributed by atoms with Gasteiger partial charge in [0.05, 0.1) is 16.6 Å². The monoisotopic (exact) mass is 967 g/mol. The van der Waals surface area contributed by atoms with Crippen LogP contribution >= 0.6 is 0 Å². The summed E-state index contributed by atoms with van der Waals surface area (Å²) in [6, 6.07) is 50.8. The van der Waals surface area contributed by atoms with E-state index in [1.807, 2.05) is 18.3 Å². The number of pyridine rings is 1. The summed E-state index contributed by atoms with van der Waals surface area (Å²) in [5.74, 6) is 0.874. The van der Waals surface area contributed by atoms with Crippen molar-refractivity contribution in [2.45, 2.75) is 85.5 Å². The molecule has 0 saturated heterocycles. The van der Waals surface area contributed by atoms with Crippen LogP contribution in [-0.2, 0) is 37.3 Å². The Labute approximate surface area is 370 Å². The number of aromatic nitrogens is 3. The predicted molar refractivity (Wildman–Crippen MR) is 247 cm³/mol. The Morgan fingerprint density at radius 1 is 0.550 bits per heavy atom. The SMILES string of the molecule is Cc1ccc(-c2ccnc(-c3[c-]c(-c4cccc5c4nc(-c4cc(C(C)(C)C)ccc4O)n5-c4ccc(-c5ccccc5)c(C(C)(C)C)c4)cc(C(C)(C)C)c3)c2)cc1.[Pt]. The van der Waals surface area contributed by atoms with Crippen LogP contribution in [0.15, 0.2) is 140 Å². The molecule has 306 valence electrons. The fourth-order valence-electron chi connectivity index (χ4n) is 7.89. The number of benzene rings is 6. The Morgan fingerprint density at radius 2 is 1.25 bits per heavy atom. The molecular weight excluding hydrogens is 914 g/mol. The van der Waals surface area contributed by atoms with Crippen molar-refractivity contribution < 1.29 is 26.2 Å². The average molecular weight is 968 g/mol. The molecule has 0 aliphatic rings. The summed E-state index contributed by atoms with van der Waals surface area (Å²) >= 11 is 0. The van der Waals surface area contributed by atoms with Crippen molar-refractivity contribution >= 4 is 11.0 Å². The van der Waals surface area contributed by atoms with Gasteiger partial charge in [-0.15, -0.1) is 29.3 Å². The third-order valence-corrected chi connectivity index (χ3v) is 11.4. The van der Waals surface area contributed by atoms with Gasteiger partial charge in [0.1, 0.15) is 11.6 Å². The maximum Gasteiger partial charge on any atom is 0.148 e. The molecule has 5 heteroatoms. The summed E-state index contributed by atoms with van der Waals surface area (Å²) < 4.78 is 2.23. The summed E-state index contributed by atoms with van der Waals surface area (Å²) in [5.41, 5.74) is 16.1. The fraction of sp³-hybridized carbons (Fsp3) is 0.236. The van der Waals surface area contributed by atoms with Gasteiger partial charge in [0, 0.05) is 38.6 Å². The van der Waals surface area contributed by atoms with E-state index in [0.717, 1.165) is 55.8 Å². The molecule has 0 saturated carbocycles. The van der Waals surface area contributed by atoms with Crippen molar-refractivity contribution in [1.29, 1.82) is 0 Å². The van der Waals surface area contributed by atoms with Crippen molar-refractivity contribution in [3.05, 3.63) is 168 Å². The molecular formula is C55H54N3OPt-. The first-order chi connectivity index (χ1) is 28.0. The normalized spacial score (nSPS) is 12.1. The number of aromatic hydroxyl groups is 1. The second-order valence-corrected chi connectivity index (χ2v) is 19.0. The first-order valence-electron chi connectivity index (χ1n) is 20.6. The molecule has 4 nitrogen and oxygen atoms in total. The number of phenols is 1. The largest absolute Gasteiger partial charge is 0.507 e. The zero-order valence-corrected chi connectivity index (χ0v) is 38.7. The molecule has 0 aliphatic carbocycles. The van der Waals surface area contributed by atoms with Crippen molar-refractivity contribution in [1.82, 2.24) is 14.5 Å². The zero-order chi connectivity index (χ0) is 41.9. The molecule has 0 spiro atoms. The molecule has 60 heavy (non-hydrogen) atoms. The molecule has 0 unspecified atom stereocenters. The van der Waals surface area contributed by atoms with Gasteiger partial charge in [-0.1, -0.05) is 164 Å². The zero-order valence-electron chi connectivity index (χ0n) is 36.4. The standard InChI is InChI=1S/C55H54N3O.Pt/c1-35-19-21-36(22-20-35)38-27-28-56-48(32-38)40-29-39(30-42(31-40)54(5,6)7)45-17-14-18-49-51(45)57-52(46-33-41(53(2,3)4)23-26-50(46)59)58(49)43-24-25-44(37-15-12-11-13-16-37)47(34-43)55(8,9)10;/h11-28,30-34,59H,1-10H3;/q-1;. The van der Waals surface area contributed by atoms with Crippen LogP contribution < -0.4 is 0 Å². The average Bonchev–Trinajstić information content (AvgIpc) is 3.60. The fourth-order valence-corrected chi connectivity index (χ4v) is 7.89. The summed E-state index contributed by atoms with van der Waals surface area (Å²) in [7, 11) is 0. The van der Waals surface area contributed by atoms with Gasteiger partial charge in [-0.05, 0) is 92.9 Å². The summed E-state index contributed by atoms with van der Waals surface area (Å²) in [6.45, 7) is 22.2. The predicted octanol–water partition coefficient (Wildman–Crippen LogP) is 14.5. The van der Waals surface area contributed by atoms with E-state index >= 15 is 0 Å². The van der Waals surface area contributed by atoms with Crippen LogP contribution in [0, 0.1) is 13.0 Å². The smallest absolute Gasteiger partial charge is 0.148 e. The van der Waals surface area contributed by atoms with Crippen LogP contribution in [0.5, 0.6) is 5.75 Å². The topological polar surface area (TPSA) is 50.9 Å². The quantitative estimate of drug-likeness (QED) is 0.169. The van der Waals surface area contributed by atoms with Gasteiger partial charge in [-0.3, -0.25) is 9.55 Å². The summed E-state index contributed by atoms with van der Waals surface area (Å²) in [5, 5.41) is 11.7. The Hall–Kier alpha value is -5.57. The molecule has 0 aliphatic heterocycles. The number of nitrogens with zero attached hydrogens (tertiary/aromatic N) is 3. The third-order valence-electron chi connectivity index (χ3n) is 11.4. The van der Waals surface area contributed by atoms with Crippen LogP contribution in [0.4, 0.5) is 0 Å². The van der Waals surface area contributed by atoms with E-state index < -0.39 is 0 Å². The Morgan fingerprint density at radius 3 is 1.93 bits per heavy atom. The number of rotatable bonds is 6. The van der Waals surface area contributed by atoms with E-state index in [-0.39, 0.29) is 43.1 Å². The number of hydrogen-bond donors (Lipinski definition) is 1. The Bertz CT molecular complexity index is 2830. The third kappa shape index (κ3) is 8.41. The molecule has 8 rings (SSSR count). The van der Waals surface area contributed by atoms with E-state index in [1.54, 1.807) is 0 Å². The molecule has 8 aromatic rings. The van der Waals surface area contributed by atoms with Gasteiger partial charge in [-0.2, -0.15) is 0 Å². The number of aryl methyl sites for hydroxylation is 1. The number of hydrogen-bond acceptors (Lipinski definition) is 3. The molecule has 1 N–H and O–H groups in total. The van der Waals surface area contributed by atoms with Crippen LogP contribution in [0.3, 0.4) is 0 Å². The maximum absolute atomic E-state index is 11.7. The number of phenolic OH excluding ortho intramolecular Hbond substituents is 1. The van der Waals surface area contributed by atoms with Gasteiger partial charge in [-0.25, -0.2) is 4.98 Å². The van der Waals surface area contributed by atoms with E-state index in [4.69, 9.17) is 9.97 Å². The number of fused-ring (bicyclic) bond motifs is 1. The maximum atomic E-state index is 11.7. The van der Waals surface area contributed by atoms with Crippen LogP contribution in [0.2, 0.25) is 0 Å². The second kappa shape index (κ2) is 16.1. The number of imidazole rings is 1. The minimum atomic E-state index is -0.152. The van der Waals surface area contributed by atoms with Crippen LogP contribution in [-0.4, -0.2) is 19.6 Å². The summed E-state index contributed by atoms with van der Waals surface area (Å²) in [4.78, 5) is 10.4. The Kier molecular flexibility index (Phi) is 11.4. The molecule has 0 radical (unpaired) electrons. The van der Waals surface area contributed by atoms with Gasteiger partial charge in [0.15, 0.2) is 0 Å². The molecule has 0 amide bonds. The van der Waals surface area contributed by atoms with Crippen molar-refractivity contribution in [2.75, 3.05) is 0 Å². The minimum absolute atomic E-state index is 0. The molecule has 0 atom stereocenters. The van der Waals surface area contributed by atoms with E-state index in [0.29, 0.717) is 11.4 Å². The van der Waals surface area contributed by atoms with Crippen molar-refractivity contribution in [2.24, 2.45) is 0 Å². The molecule has 2 heterocycles. The van der Waals surface area contributed by atoms with Crippen LogP contribution in [0.25, 0.3) is 72.7 Å². The van der Waals surface area contributed by atoms with E-state index in [1.165, 1.54) is 27.8 Å². The van der Waals surface area contributed by atoms with E-state index in [2.05, 4.69) is 201 Å². The van der Waals surface area contributed by atoms with Gasteiger partial charge < -0.3 is 5.11 Å². The minimum Gasteiger partial charge on any atom is -0.507 e. The first kappa shape index (κ1) is 42.5. The molecule has 0 bridgehead atoms. The van der Waals surface area contributed by atoms with Gasteiger partial charge in [0.2, 0.25) is 0 Å². The number of para-hydroxylation sites is 1. The Balaban J connectivity index is 0.00000544. The molecule has 2 aromatic heterocycles. The molecule has 0 fully saturated rings. The first-order valence-corrected chi connectivity index (χ1v) is 20.6. The van der Waals surface area contributed by atoms with Gasteiger partial charge in [0.25, 0.3) is 0 Å².